The highest BCUT2D eigenvalue weighted by atomic mass is 16.5. The minimum absolute atomic E-state index is 0.290. The summed E-state index contributed by atoms with van der Waals surface area (Å²) in [4.78, 5) is 0. The van der Waals surface area contributed by atoms with Crippen LogP contribution in [0.25, 0.3) is 0 Å². The van der Waals surface area contributed by atoms with E-state index >= 15 is 0 Å². The van der Waals surface area contributed by atoms with Crippen molar-refractivity contribution in [2.45, 2.75) is 52.6 Å². The smallest absolute Gasteiger partial charge is 0.161 e. The molecule has 0 aliphatic rings. The van der Waals surface area contributed by atoms with Crippen molar-refractivity contribution in [1.82, 2.24) is 0 Å². The van der Waals surface area contributed by atoms with Gasteiger partial charge in [0.15, 0.2) is 11.5 Å². The molecule has 0 heterocycles. The van der Waals surface area contributed by atoms with Gasteiger partial charge in [0.25, 0.3) is 0 Å². The van der Waals surface area contributed by atoms with E-state index in [4.69, 9.17) is 9.47 Å². The monoisotopic (exact) mass is 266 g/mol. The summed E-state index contributed by atoms with van der Waals surface area (Å²) in [6.07, 6.45) is 3.29. The fourth-order valence-corrected chi connectivity index (χ4v) is 1.81. The van der Waals surface area contributed by atoms with Gasteiger partial charge in [-0.1, -0.05) is 26.3 Å². The predicted octanol–water partition coefficient (Wildman–Crippen LogP) is 3.58. The Balaban J connectivity index is 2.75. The first kappa shape index (κ1) is 15.8. The molecule has 0 fully saturated rings. The van der Waals surface area contributed by atoms with E-state index in [1.165, 1.54) is 0 Å². The van der Waals surface area contributed by atoms with Crippen LogP contribution in [0, 0.1) is 0 Å². The van der Waals surface area contributed by atoms with Gasteiger partial charge in [-0.15, -0.1) is 0 Å². The van der Waals surface area contributed by atoms with Gasteiger partial charge in [0.1, 0.15) is 0 Å². The van der Waals surface area contributed by atoms with Crippen molar-refractivity contribution in [2.24, 2.45) is 0 Å². The van der Waals surface area contributed by atoms with E-state index < -0.39 is 0 Å². The second kappa shape index (κ2) is 8.81. The molecule has 0 aliphatic heterocycles. The van der Waals surface area contributed by atoms with Crippen molar-refractivity contribution in [3.05, 3.63) is 23.8 Å². The molecule has 3 nitrogen and oxygen atoms in total. The highest BCUT2D eigenvalue weighted by Gasteiger charge is 2.09. The highest BCUT2D eigenvalue weighted by molar-refractivity contribution is 5.43. The number of unbranched alkanes of at least 4 members (excludes halogenated alkanes) is 1. The van der Waals surface area contributed by atoms with Crippen LogP contribution in [0.5, 0.6) is 11.5 Å². The van der Waals surface area contributed by atoms with Gasteiger partial charge in [-0.05, 0) is 43.9 Å². The van der Waals surface area contributed by atoms with Gasteiger partial charge in [0.05, 0.1) is 19.3 Å². The number of benzene rings is 1. The standard InChI is InChI=1S/C16H26O3/c1-4-7-10-19-15-9-8-13(11-14(17)5-2)12-16(15)18-6-3/h8-9,12,14,17H,4-7,10-11H2,1-3H3. The molecule has 3 heteroatoms. The molecule has 1 aromatic rings. The van der Waals surface area contributed by atoms with Crippen LogP contribution in [-0.2, 0) is 6.42 Å². The van der Waals surface area contributed by atoms with Gasteiger partial charge < -0.3 is 14.6 Å². The summed E-state index contributed by atoms with van der Waals surface area (Å²) in [7, 11) is 0. The van der Waals surface area contributed by atoms with Crippen molar-refractivity contribution in [1.29, 1.82) is 0 Å². The minimum atomic E-state index is -0.290. The molecule has 0 saturated heterocycles. The van der Waals surface area contributed by atoms with Gasteiger partial charge in [0.2, 0.25) is 0 Å². The van der Waals surface area contributed by atoms with Crippen LogP contribution in [0.1, 0.15) is 45.6 Å². The highest BCUT2D eigenvalue weighted by Crippen LogP contribution is 2.29. The van der Waals surface area contributed by atoms with E-state index in [1.807, 2.05) is 32.0 Å². The zero-order valence-electron chi connectivity index (χ0n) is 12.3. The number of aliphatic hydroxyl groups is 1. The predicted molar refractivity (Wildman–Crippen MR) is 78.0 cm³/mol. The van der Waals surface area contributed by atoms with Crippen LogP contribution in [0.2, 0.25) is 0 Å². The van der Waals surface area contributed by atoms with Gasteiger partial charge >= 0.3 is 0 Å². The Morgan fingerprint density at radius 2 is 1.89 bits per heavy atom. The lowest BCUT2D eigenvalue weighted by molar-refractivity contribution is 0.170. The van der Waals surface area contributed by atoms with Crippen molar-refractivity contribution in [3.63, 3.8) is 0 Å². The van der Waals surface area contributed by atoms with Crippen LogP contribution >= 0.6 is 0 Å². The molecular formula is C16H26O3. The molecule has 19 heavy (non-hydrogen) atoms. The zero-order chi connectivity index (χ0) is 14.1. The molecule has 108 valence electrons. The Hall–Kier alpha value is -1.22. The van der Waals surface area contributed by atoms with Crippen LogP contribution < -0.4 is 9.47 Å². The minimum Gasteiger partial charge on any atom is -0.490 e. The summed E-state index contributed by atoms with van der Waals surface area (Å²) >= 11 is 0. The van der Waals surface area contributed by atoms with E-state index in [0.29, 0.717) is 19.6 Å². The van der Waals surface area contributed by atoms with E-state index in [2.05, 4.69) is 6.92 Å². The third-order valence-corrected chi connectivity index (χ3v) is 3.01. The third-order valence-electron chi connectivity index (χ3n) is 3.01. The van der Waals surface area contributed by atoms with E-state index in [-0.39, 0.29) is 6.10 Å². The number of ether oxygens (including phenoxy) is 2. The molecule has 1 atom stereocenters. The Labute approximate surface area is 116 Å². The molecule has 1 unspecified atom stereocenters. The maximum Gasteiger partial charge on any atom is 0.161 e. The average molecular weight is 266 g/mol. The van der Waals surface area contributed by atoms with Crippen molar-refractivity contribution < 1.29 is 14.6 Å². The van der Waals surface area contributed by atoms with Crippen LogP contribution in [-0.4, -0.2) is 24.4 Å². The lowest BCUT2D eigenvalue weighted by Gasteiger charge is -2.14. The second-order valence-electron chi connectivity index (χ2n) is 4.68. The topological polar surface area (TPSA) is 38.7 Å². The maximum absolute atomic E-state index is 9.70. The lowest BCUT2D eigenvalue weighted by atomic mass is 10.1. The SMILES string of the molecule is CCCCOc1ccc(CC(O)CC)cc1OCC. The molecule has 0 spiro atoms. The molecule has 0 saturated carbocycles. The normalized spacial score (nSPS) is 12.2. The Kier molecular flexibility index (Phi) is 7.34. The van der Waals surface area contributed by atoms with Crippen molar-refractivity contribution in [2.75, 3.05) is 13.2 Å². The number of aliphatic hydroxyl groups excluding tert-OH is 1. The second-order valence-corrected chi connectivity index (χ2v) is 4.68. The third kappa shape index (κ3) is 5.52. The molecule has 0 aliphatic carbocycles. The first-order valence-electron chi connectivity index (χ1n) is 7.27. The summed E-state index contributed by atoms with van der Waals surface area (Å²) < 4.78 is 11.3. The molecule has 0 amide bonds. The average Bonchev–Trinajstić information content (AvgIpc) is 2.41. The number of hydrogen-bond acceptors (Lipinski definition) is 3. The maximum atomic E-state index is 9.70. The van der Waals surface area contributed by atoms with Gasteiger partial charge in [-0.2, -0.15) is 0 Å². The van der Waals surface area contributed by atoms with Crippen molar-refractivity contribution >= 4 is 0 Å². The van der Waals surface area contributed by atoms with Crippen LogP contribution in [0.15, 0.2) is 18.2 Å². The van der Waals surface area contributed by atoms with Crippen LogP contribution in [0.4, 0.5) is 0 Å². The molecule has 0 aromatic heterocycles. The summed E-state index contributed by atoms with van der Waals surface area (Å²) in [6.45, 7) is 7.42. The summed E-state index contributed by atoms with van der Waals surface area (Å²) in [5.41, 5.74) is 1.08. The van der Waals surface area contributed by atoms with E-state index in [9.17, 15) is 5.11 Å². The van der Waals surface area contributed by atoms with Crippen molar-refractivity contribution in [3.8, 4) is 11.5 Å². The van der Waals surface area contributed by atoms with E-state index in [0.717, 1.165) is 36.3 Å². The first-order valence-corrected chi connectivity index (χ1v) is 7.27. The summed E-state index contributed by atoms with van der Waals surface area (Å²) in [6, 6.07) is 5.92. The molecule has 1 N–H and O–H groups in total. The molecule has 1 aromatic carbocycles. The molecule has 0 bridgehead atoms. The largest absolute Gasteiger partial charge is 0.490 e. The fourth-order valence-electron chi connectivity index (χ4n) is 1.81. The fraction of sp³-hybridized carbons (Fsp3) is 0.625. The quantitative estimate of drug-likeness (QED) is 0.694. The Bertz CT molecular complexity index is 363. The zero-order valence-corrected chi connectivity index (χ0v) is 12.3. The van der Waals surface area contributed by atoms with Gasteiger partial charge in [-0.25, -0.2) is 0 Å². The molecular weight excluding hydrogens is 240 g/mol. The van der Waals surface area contributed by atoms with Gasteiger partial charge in [-0.3, -0.25) is 0 Å². The van der Waals surface area contributed by atoms with E-state index in [1.54, 1.807) is 0 Å². The molecule has 0 radical (unpaired) electrons. The lowest BCUT2D eigenvalue weighted by Crippen LogP contribution is -2.09. The molecule has 1 rings (SSSR count). The Morgan fingerprint density at radius 1 is 1.11 bits per heavy atom. The summed E-state index contributed by atoms with van der Waals surface area (Å²) in [5.74, 6) is 1.57. The van der Waals surface area contributed by atoms with Crippen LogP contribution in [0.3, 0.4) is 0 Å². The van der Waals surface area contributed by atoms with Gasteiger partial charge in [0, 0.05) is 0 Å². The first-order chi connectivity index (χ1) is 9.21. The number of hydrogen-bond donors (Lipinski definition) is 1. The Morgan fingerprint density at radius 3 is 2.53 bits per heavy atom. The summed E-state index contributed by atoms with van der Waals surface area (Å²) in [5, 5.41) is 9.70. The number of rotatable bonds is 9.